The number of aromatic nitrogens is 2. The number of fused-ring (bicyclic) bond motifs is 3. The van der Waals surface area contributed by atoms with Crippen molar-refractivity contribution in [2.45, 2.75) is 38.6 Å². The number of thiophene rings is 1. The van der Waals surface area contributed by atoms with Crippen molar-refractivity contribution in [3.05, 3.63) is 27.1 Å². The summed E-state index contributed by atoms with van der Waals surface area (Å²) in [6.45, 7) is 0.302. The van der Waals surface area contributed by atoms with Crippen LogP contribution in [0.5, 0.6) is 0 Å². The van der Waals surface area contributed by atoms with Crippen molar-refractivity contribution in [3.8, 4) is 0 Å². The summed E-state index contributed by atoms with van der Waals surface area (Å²) in [5.74, 6) is -0.573. The average molecular weight is 349 g/mol. The number of nitrogens with zero attached hydrogens (tertiary/aromatic N) is 2. The number of nitrogens with one attached hydrogen (secondary N) is 1. The summed E-state index contributed by atoms with van der Waals surface area (Å²) in [6.07, 6.45) is 5.19. The van der Waals surface area contributed by atoms with E-state index >= 15 is 0 Å². The molecule has 1 aliphatic carbocycles. The number of ether oxygens (including phenoxy) is 1. The minimum absolute atomic E-state index is 0.0649. The Hall–Kier alpha value is -2.22. The van der Waals surface area contributed by atoms with Gasteiger partial charge in [-0.15, -0.1) is 11.3 Å². The molecule has 2 aromatic heterocycles. The van der Waals surface area contributed by atoms with Crippen LogP contribution in [0.1, 0.15) is 29.7 Å². The molecule has 0 saturated heterocycles. The van der Waals surface area contributed by atoms with Crippen molar-refractivity contribution in [1.29, 1.82) is 0 Å². The fraction of sp³-hybridized carbons (Fsp3) is 0.500. The minimum atomic E-state index is -0.304. The summed E-state index contributed by atoms with van der Waals surface area (Å²) >= 11 is 1.58. The van der Waals surface area contributed by atoms with Crippen molar-refractivity contribution < 1.29 is 14.3 Å². The number of aryl methyl sites for hydroxylation is 2. The molecule has 1 amide bonds. The van der Waals surface area contributed by atoms with Gasteiger partial charge in [-0.05, 0) is 31.2 Å². The molecule has 24 heavy (non-hydrogen) atoms. The minimum Gasteiger partial charge on any atom is -0.469 e. The highest BCUT2D eigenvalue weighted by atomic mass is 32.1. The molecule has 0 aromatic carbocycles. The van der Waals surface area contributed by atoms with Gasteiger partial charge in [0, 0.05) is 17.8 Å². The van der Waals surface area contributed by atoms with Crippen molar-refractivity contribution in [2.24, 2.45) is 0 Å². The SMILES string of the molecule is COC(=O)CCCNC(=O)Cn1cnc2sc3c(c2c1=O)CCC3. The van der Waals surface area contributed by atoms with Crippen LogP contribution in [0.25, 0.3) is 10.2 Å². The highest BCUT2D eigenvalue weighted by molar-refractivity contribution is 7.18. The molecule has 0 fully saturated rings. The first-order valence-corrected chi connectivity index (χ1v) is 8.75. The molecule has 0 atom stereocenters. The van der Waals surface area contributed by atoms with E-state index in [9.17, 15) is 14.4 Å². The highest BCUT2D eigenvalue weighted by Gasteiger charge is 2.21. The Morgan fingerprint density at radius 3 is 3.04 bits per heavy atom. The molecule has 0 aliphatic heterocycles. The van der Waals surface area contributed by atoms with E-state index in [1.165, 1.54) is 22.9 Å². The molecular formula is C16H19N3O4S. The van der Waals surface area contributed by atoms with Gasteiger partial charge in [0.15, 0.2) is 0 Å². The lowest BCUT2D eigenvalue weighted by molar-refractivity contribution is -0.140. The third kappa shape index (κ3) is 3.33. The number of rotatable bonds is 6. The Morgan fingerprint density at radius 2 is 2.25 bits per heavy atom. The Bertz CT molecular complexity index is 840. The zero-order valence-corrected chi connectivity index (χ0v) is 14.3. The van der Waals surface area contributed by atoms with Gasteiger partial charge in [-0.2, -0.15) is 0 Å². The predicted octanol–water partition coefficient (Wildman–Crippen LogP) is 1.02. The first-order valence-electron chi connectivity index (χ1n) is 7.93. The molecule has 0 saturated carbocycles. The quantitative estimate of drug-likeness (QED) is 0.621. The molecule has 1 N–H and O–H groups in total. The molecule has 2 heterocycles. The van der Waals surface area contributed by atoms with Crippen molar-refractivity contribution >= 4 is 33.4 Å². The largest absolute Gasteiger partial charge is 0.469 e. The second-order valence-electron chi connectivity index (χ2n) is 5.74. The van der Waals surface area contributed by atoms with Gasteiger partial charge in [0.25, 0.3) is 5.56 Å². The first kappa shape index (κ1) is 16.6. The summed E-state index contributed by atoms with van der Waals surface area (Å²) in [6, 6.07) is 0. The Balaban J connectivity index is 1.65. The molecular weight excluding hydrogens is 330 g/mol. The Morgan fingerprint density at radius 1 is 1.42 bits per heavy atom. The van der Waals surface area contributed by atoms with Gasteiger partial charge in [0.05, 0.1) is 18.8 Å². The van der Waals surface area contributed by atoms with E-state index in [1.54, 1.807) is 11.3 Å². The number of esters is 1. The van der Waals surface area contributed by atoms with E-state index in [1.807, 2.05) is 0 Å². The summed E-state index contributed by atoms with van der Waals surface area (Å²) in [7, 11) is 1.33. The molecule has 0 radical (unpaired) electrons. The van der Waals surface area contributed by atoms with Crippen LogP contribution < -0.4 is 10.9 Å². The molecule has 0 spiro atoms. The summed E-state index contributed by atoms with van der Waals surface area (Å²) in [5.41, 5.74) is 0.962. The highest BCUT2D eigenvalue weighted by Crippen LogP contribution is 2.34. The topological polar surface area (TPSA) is 90.3 Å². The zero-order chi connectivity index (χ0) is 17.1. The van der Waals surface area contributed by atoms with Crippen LogP contribution in [0.15, 0.2) is 11.1 Å². The van der Waals surface area contributed by atoms with E-state index in [0.717, 1.165) is 29.7 Å². The predicted molar refractivity (Wildman–Crippen MR) is 90.2 cm³/mol. The number of carbonyl (C=O) groups excluding carboxylic acids is 2. The number of hydrogen-bond acceptors (Lipinski definition) is 6. The first-order chi connectivity index (χ1) is 11.6. The van der Waals surface area contributed by atoms with Crippen LogP contribution in [-0.2, 0) is 33.7 Å². The zero-order valence-electron chi connectivity index (χ0n) is 13.5. The van der Waals surface area contributed by atoms with E-state index in [2.05, 4.69) is 15.0 Å². The van der Waals surface area contributed by atoms with Crippen LogP contribution in [-0.4, -0.2) is 35.1 Å². The molecule has 1 aliphatic rings. The maximum atomic E-state index is 12.6. The lowest BCUT2D eigenvalue weighted by Crippen LogP contribution is -2.33. The molecule has 7 nitrogen and oxygen atoms in total. The van der Waals surface area contributed by atoms with Crippen LogP contribution >= 0.6 is 11.3 Å². The summed E-state index contributed by atoms with van der Waals surface area (Å²) in [4.78, 5) is 41.9. The molecule has 8 heteroatoms. The molecule has 0 unspecified atom stereocenters. The standard InChI is InChI=1S/C16H19N3O4S/c1-23-13(21)6-3-7-17-12(20)8-19-9-18-15-14(16(19)22)10-4-2-5-11(10)24-15/h9H,2-8H2,1H3,(H,17,20). The lowest BCUT2D eigenvalue weighted by Gasteiger charge is -2.07. The number of methoxy groups -OCH3 is 1. The number of hydrogen-bond donors (Lipinski definition) is 1. The monoisotopic (exact) mass is 349 g/mol. The van der Waals surface area contributed by atoms with Crippen LogP contribution in [0, 0.1) is 0 Å². The fourth-order valence-electron chi connectivity index (χ4n) is 2.91. The number of amides is 1. The van der Waals surface area contributed by atoms with E-state index in [4.69, 9.17) is 0 Å². The van der Waals surface area contributed by atoms with Crippen LogP contribution in [0.2, 0.25) is 0 Å². The third-order valence-electron chi connectivity index (χ3n) is 4.11. The Kier molecular flexibility index (Phi) is 4.94. The number of carbonyl (C=O) groups is 2. The average Bonchev–Trinajstić information content (AvgIpc) is 3.14. The van der Waals surface area contributed by atoms with Gasteiger partial charge < -0.3 is 10.1 Å². The molecule has 0 bridgehead atoms. The lowest BCUT2D eigenvalue weighted by atomic mass is 10.2. The van der Waals surface area contributed by atoms with E-state index < -0.39 is 0 Å². The maximum absolute atomic E-state index is 12.6. The maximum Gasteiger partial charge on any atom is 0.305 e. The summed E-state index contributed by atoms with van der Waals surface area (Å²) in [5, 5.41) is 3.37. The second kappa shape index (κ2) is 7.12. The Labute approximate surface area is 142 Å². The normalized spacial score (nSPS) is 13.0. The fourth-order valence-corrected chi connectivity index (χ4v) is 4.12. The van der Waals surface area contributed by atoms with Gasteiger partial charge in [0.2, 0.25) is 5.91 Å². The third-order valence-corrected chi connectivity index (χ3v) is 5.31. The van der Waals surface area contributed by atoms with Crippen LogP contribution in [0.3, 0.4) is 0 Å². The van der Waals surface area contributed by atoms with Gasteiger partial charge >= 0.3 is 5.97 Å². The second-order valence-corrected chi connectivity index (χ2v) is 6.83. The molecule has 128 valence electrons. The van der Waals surface area contributed by atoms with Gasteiger partial charge in [-0.3, -0.25) is 19.0 Å². The van der Waals surface area contributed by atoms with Gasteiger partial charge in [-0.25, -0.2) is 4.98 Å². The molecule has 3 rings (SSSR count). The van der Waals surface area contributed by atoms with Gasteiger partial charge in [0.1, 0.15) is 11.4 Å². The van der Waals surface area contributed by atoms with Gasteiger partial charge in [-0.1, -0.05) is 0 Å². The van der Waals surface area contributed by atoms with E-state index in [0.29, 0.717) is 18.4 Å². The van der Waals surface area contributed by atoms with Crippen molar-refractivity contribution in [1.82, 2.24) is 14.9 Å². The van der Waals surface area contributed by atoms with Crippen molar-refractivity contribution in [2.75, 3.05) is 13.7 Å². The smallest absolute Gasteiger partial charge is 0.305 e. The summed E-state index contributed by atoms with van der Waals surface area (Å²) < 4.78 is 5.88. The van der Waals surface area contributed by atoms with Crippen molar-refractivity contribution in [3.63, 3.8) is 0 Å². The van der Waals surface area contributed by atoms with E-state index in [-0.39, 0.29) is 30.4 Å². The van der Waals surface area contributed by atoms with Crippen LogP contribution in [0.4, 0.5) is 0 Å². The molecule has 2 aromatic rings.